The van der Waals surface area contributed by atoms with Crippen LogP contribution in [-0.4, -0.2) is 38.3 Å². The minimum Gasteiger partial charge on any atom is -0.361 e. The van der Waals surface area contributed by atoms with E-state index < -0.39 is 16.7 Å². The molecule has 0 saturated carbocycles. The molecule has 0 fully saturated rings. The van der Waals surface area contributed by atoms with Crippen molar-refractivity contribution in [3.8, 4) is 0 Å². The second-order valence-corrected chi connectivity index (χ2v) is 8.08. The van der Waals surface area contributed by atoms with Crippen LogP contribution >= 0.6 is 22.9 Å². The van der Waals surface area contributed by atoms with Gasteiger partial charge < -0.3 is 9.42 Å². The maximum absolute atomic E-state index is 12.9. The number of hydrogen-bond acceptors (Lipinski definition) is 8. The summed E-state index contributed by atoms with van der Waals surface area (Å²) in [5.41, 5.74) is 0.563. The van der Waals surface area contributed by atoms with Gasteiger partial charge in [-0.1, -0.05) is 28.1 Å². The number of thiazole rings is 1. The first-order chi connectivity index (χ1) is 14.3. The third-order valence-corrected chi connectivity index (χ3v) is 5.72. The quantitative estimate of drug-likeness (QED) is 0.478. The number of fused-ring (bicyclic) bond motifs is 1. The van der Waals surface area contributed by atoms with Gasteiger partial charge in [0.2, 0.25) is 0 Å². The number of rotatable bonds is 4. The summed E-state index contributed by atoms with van der Waals surface area (Å²) < 4.78 is 4.89. The molecule has 1 aliphatic rings. The van der Waals surface area contributed by atoms with Crippen LogP contribution in [0.4, 0.5) is 10.8 Å². The molecule has 10 nitrogen and oxygen atoms in total. The Morgan fingerprint density at radius 2 is 2.17 bits per heavy atom. The Morgan fingerprint density at radius 1 is 1.37 bits per heavy atom. The Hall–Kier alpha value is -3.31. The van der Waals surface area contributed by atoms with Crippen LogP contribution in [0.3, 0.4) is 0 Å². The number of nitro groups is 1. The molecule has 0 spiro atoms. The molecule has 0 bridgehead atoms. The number of halogens is 1. The van der Waals surface area contributed by atoms with E-state index in [9.17, 15) is 19.7 Å². The standard InChI is InChI=1S/C18H14ClN5O5S/c1-9-6-13(22-29-9)16(25)21-18-20-12-4-5-23(8-15(12)30-18)17(26)11-7-10(19)2-3-14(11)24(27)28/h2-3,6-7H,4-5,8H2,1H3,(H,20,21,25). The summed E-state index contributed by atoms with van der Waals surface area (Å²) in [5.74, 6) is -0.407. The van der Waals surface area contributed by atoms with Gasteiger partial charge in [-0.3, -0.25) is 25.0 Å². The van der Waals surface area contributed by atoms with Crippen molar-refractivity contribution in [3.05, 3.63) is 67.0 Å². The van der Waals surface area contributed by atoms with Crippen LogP contribution in [0, 0.1) is 17.0 Å². The Labute approximate surface area is 178 Å². The maximum atomic E-state index is 12.9. The molecule has 30 heavy (non-hydrogen) atoms. The molecule has 12 heteroatoms. The molecule has 0 atom stereocenters. The Kier molecular flexibility index (Phi) is 5.22. The highest BCUT2D eigenvalue weighted by Crippen LogP contribution is 2.31. The Balaban J connectivity index is 1.52. The fourth-order valence-electron chi connectivity index (χ4n) is 3.07. The van der Waals surface area contributed by atoms with Crippen molar-refractivity contribution < 1.29 is 19.0 Å². The second-order valence-electron chi connectivity index (χ2n) is 6.56. The lowest BCUT2D eigenvalue weighted by atomic mass is 10.1. The van der Waals surface area contributed by atoms with Crippen LogP contribution in [0.2, 0.25) is 5.02 Å². The lowest BCUT2D eigenvalue weighted by Crippen LogP contribution is -2.35. The first-order valence-corrected chi connectivity index (χ1v) is 9.97. The zero-order valence-corrected chi connectivity index (χ0v) is 17.1. The summed E-state index contributed by atoms with van der Waals surface area (Å²) in [6.45, 7) is 2.26. The van der Waals surface area contributed by atoms with Gasteiger partial charge in [0.1, 0.15) is 11.3 Å². The zero-order chi connectivity index (χ0) is 21.4. The summed E-state index contributed by atoms with van der Waals surface area (Å²) in [7, 11) is 0. The SMILES string of the molecule is Cc1cc(C(=O)Nc2nc3c(s2)CN(C(=O)c2cc(Cl)ccc2[N+](=O)[O-])CC3)no1. The van der Waals surface area contributed by atoms with Crippen LogP contribution in [0.25, 0.3) is 0 Å². The zero-order valence-electron chi connectivity index (χ0n) is 15.5. The molecule has 0 saturated heterocycles. The molecule has 1 N–H and O–H groups in total. The van der Waals surface area contributed by atoms with Crippen LogP contribution in [-0.2, 0) is 13.0 Å². The highest BCUT2D eigenvalue weighted by molar-refractivity contribution is 7.15. The molecule has 3 aromatic rings. The monoisotopic (exact) mass is 447 g/mol. The number of anilines is 1. The third-order valence-electron chi connectivity index (χ3n) is 4.49. The molecule has 2 amide bonds. The van der Waals surface area contributed by atoms with E-state index in [0.29, 0.717) is 23.9 Å². The number of benzene rings is 1. The summed E-state index contributed by atoms with van der Waals surface area (Å²) in [5, 5.41) is 18.2. The predicted molar refractivity (Wildman–Crippen MR) is 108 cm³/mol. The molecule has 1 aromatic carbocycles. The number of nitrogens with zero attached hydrogens (tertiary/aromatic N) is 4. The minimum absolute atomic E-state index is 0.0598. The van der Waals surface area contributed by atoms with E-state index in [1.165, 1.54) is 40.5 Å². The number of carbonyl (C=O) groups is 2. The topological polar surface area (TPSA) is 131 Å². The first-order valence-electron chi connectivity index (χ1n) is 8.78. The molecule has 3 heterocycles. The van der Waals surface area contributed by atoms with Gasteiger partial charge >= 0.3 is 0 Å². The lowest BCUT2D eigenvalue weighted by Gasteiger charge is -2.26. The van der Waals surface area contributed by atoms with E-state index in [1.54, 1.807) is 6.92 Å². The molecule has 1 aliphatic heterocycles. The summed E-state index contributed by atoms with van der Waals surface area (Å²) in [6.07, 6.45) is 0.463. The smallest absolute Gasteiger partial charge is 0.282 e. The van der Waals surface area contributed by atoms with Gasteiger partial charge in [-0.25, -0.2) is 4.98 Å². The highest BCUT2D eigenvalue weighted by Gasteiger charge is 2.29. The maximum Gasteiger partial charge on any atom is 0.282 e. The van der Waals surface area contributed by atoms with Crippen molar-refractivity contribution in [2.45, 2.75) is 19.9 Å². The second kappa shape index (κ2) is 7.84. The summed E-state index contributed by atoms with van der Waals surface area (Å²) in [6, 6.07) is 5.41. The molecule has 2 aromatic heterocycles. The molecule has 4 rings (SSSR count). The third kappa shape index (κ3) is 3.89. The fraction of sp³-hybridized carbons (Fsp3) is 0.222. The summed E-state index contributed by atoms with van der Waals surface area (Å²) >= 11 is 7.18. The average Bonchev–Trinajstić information content (AvgIpc) is 3.31. The minimum atomic E-state index is -0.606. The number of hydrogen-bond donors (Lipinski definition) is 1. The summed E-state index contributed by atoms with van der Waals surface area (Å²) in [4.78, 5) is 42.5. The lowest BCUT2D eigenvalue weighted by molar-refractivity contribution is -0.385. The van der Waals surface area contributed by atoms with Gasteiger partial charge in [0.25, 0.3) is 17.5 Å². The fourth-order valence-corrected chi connectivity index (χ4v) is 4.26. The molecular formula is C18H14ClN5O5S. The molecule has 0 aliphatic carbocycles. The molecular weight excluding hydrogens is 434 g/mol. The van der Waals surface area contributed by atoms with E-state index >= 15 is 0 Å². The number of aryl methyl sites for hydroxylation is 1. The van der Waals surface area contributed by atoms with E-state index in [2.05, 4.69) is 15.5 Å². The van der Waals surface area contributed by atoms with Crippen LogP contribution in [0.5, 0.6) is 0 Å². The van der Waals surface area contributed by atoms with Gasteiger partial charge in [-0.2, -0.15) is 0 Å². The van der Waals surface area contributed by atoms with E-state index in [1.807, 2.05) is 0 Å². The van der Waals surface area contributed by atoms with Crippen molar-refractivity contribution in [2.24, 2.45) is 0 Å². The van der Waals surface area contributed by atoms with Gasteiger partial charge in [-0.15, -0.1) is 0 Å². The van der Waals surface area contributed by atoms with Crippen LogP contribution in [0.1, 0.15) is 37.2 Å². The first kappa shape index (κ1) is 20.0. The van der Waals surface area contributed by atoms with E-state index in [-0.39, 0.29) is 28.5 Å². The molecule has 0 unspecified atom stereocenters. The number of aromatic nitrogens is 2. The van der Waals surface area contributed by atoms with Crippen LogP contribution < -0.4 is 5.32 Å². The highest BCUT2D eigenvalue weighted by atomic mass is 35.5. The molecule has 0 radical (unpaired) electrons. The number of nitro benzene ring substituents is 1. The van der Waals surface area contributed by atoms with Crippen molar-refractivity contribution in [1.29, 1.82) is 0 Å². The van der Waals surface area contributed by atoms with Gasteiger partial charge in [-0.05, 0) is 19.1 Å². The number of carbonyl (C=O) groups excluding carboxylic acids is 2. The van der Waals surface area contributed by atoms with Crippen molar-refractivity contribution in [2.75, 3.05) is 11.9 Å². The largest absolute Gasteiger partial charge is 0.361 e. The van der Waals surface area contributed by atoms with Gasteiger partial charge in [0.15, 0.2) is 10.8 Å². The van der Waals surface area contributed by atoms with Crippen molar-refractivity contribution in [1.82, 2.24) is 15.0 Å². The van der Waals surface area contributed by atoms with E-state index in [0.717, 1.165) is 10.6 Å². The van der Waals surface area contributed by atoms with Crippen LogP contribution in [0.15, 0.2) is 28.8 Å². The van der Waals surface area contributed by atoms with Gasteiger partial charge in [0, 0.05) is 35.0 Å². The predicted octanol–water partition coefficient (Wildman–Crippen LogP) is 3.45. The Morgan fingerprint density at radius 3 is 2.87 bits per heavy atom. The van der Waals surface area contributed by atoms with Gasteiger partial charge in [0.05, 0.1) is 17.2 Å². The average molecular weight is 448 g/mol. The van der Waals surface area contributed by atoms with E-state index in [4.69, 9.17) is 16.1 Å². The molecule has 154 valence electrons. The van der Waals surface area contributed by atoms with Crippen molar-refractivity contribution >= 4 is 45.6 Å². The number of nitrogens with one attached hydrogen (secondary N) is 1. The Bertz CT molecular complexity index is 1170. The number of amides is 2. The van der Waals surface area contributed by atoms with Crippen molar-refractivity contribution in [3.63, 3.8) is 0 Å². The normalized spacial score (nSPS) is 13.1.